The Morgan fingerprint density at radius 1 is 1.29 bits per heavy atom. The number of carbonyl (C=O) groups excluding carboxylic acids is 2. The van der Waals surface area contributed by atoms with E-state index in [2.05, 4.69) is 0 Å². The van der Waals surface area contributed by atoms with Crippen LogP contribution in [0.5, 0.6) is 0 Å². The van der Waals surface area contributed by atoms with Gasteiger partial charge in [-0.25, -0.2) is 8.42 Å². The third kappa shape index (κ3) is 2.87. The van der Waals surface area contributed by atoms with Crippen LogP contribution in [0.2, 0.25) is 5.02 Å². The lowest BCUT2D eigenvalue weighted by Gasteiger charge is -2.25. The van der Waals surface area contributed by atoms with Gasteiger partial charge in [0.25, 0.3) is 0 Å². The molecule has 0 aliphatic carbocycles. The van der Waals surface area contributed by atoms with E-state index < -0.39 is 33.6 Å². The minimum atomic E-state index is -4.14. The summed E-state index contributed by atoms with van der Waals surface area (Å²) in [7, 11) is -4.14. The molecule has 1 aromatic rings. The molecule has 0 saturated carbocycles. The molecule has 1 atom stereocenters. The molecule has 0 aromatic heterocycles. The fourth-order valence-electron chi connectivity index (χ4n) is 2.22. The summed E-state index contributed by atoms with van der Waals surface area (Å²) >= 11 is 5.65. The second-order valence-corrected chi connectivity index (χ2v) is 6.82. The van der Waals surface area contributed by atoms with Crippen LogP contribution in [0.4, 0.5) is 0 Å². The average Bonchev–Trinajstić information content (AvgIpc) is 2.88. The lowest BCUT2D eigenvalue weighted by molar-refractivity contribution is -0.309. The number of benzene rings is 1. The number of nitrogens with zero attached hydrogens (tertiary/aromatic N) is 1. The minimum Gasteiger partial charge on any atom is -0.548 e. The van der Waals surface area contributed by atoms with Gasteiger partial charge in [0.2, 0.25) is 10.0 Å². The Labute approximate surface area is 125 Å². The van der Waals surface area contributed by atoms with Crippen molar-refractivity contribution in [1.29, 1.82) is 0 Å². The summed E-state index contributed by atoms with van der Waals surface area (Å²) in [6.45, 7) is 0.0320. The first kappa shape index (κ1) is 15.7. The maximum absolute atomic E-state index is 12.4. The van der Waals surface area contributed by atoms with Gasteiger partial charge in [0.1, 0.15) is 0 Å². The zero-order valence-corrected chi connectivity index (χ0v) is 12.2. The van der Waals surface area contributed by atoms with Crippen molar-refractivity contribution in [3.63, 3.8) is 0 Å². The fourth-order valence-corrected chi connectivity index (χ4v) is 4.09. The minimum absolute atomic E-state index is 0.0320. The average molecular weight is 332 g/mol. The molecule has 21 heavy (non-hydrogen) atoms. The summed E-state index contributed by atoms with van der Waals surface area (Å²) in [5.41, 5.74) is -0.470. The van der Waals surface area contributed by atoms with Crippen LogP contribution in [0.25, 0.3) is 0 Å². The van der Waals surface area contributed by atoms with Gasteiger partial charge in [-0.2, -0.15) is 4.31 Å². The van der Waals surface area contributed by atoms with Crippen LogP contribution in [0.1, 0.15) is 23.2 Å². The molecular formula is C12H10ClNO6S-2. The van der Waals surface area contributed by atoms with Crippen LogP contribution in [-0.4, -0.2) is 37.2 Å². The molecule has 114 valence electrons. The molecule has 0 bridgehead atoms. The Morgan fingerprint density at radius 2 is 1.95 bits per heavy atom. The topological polar surface area (TPSA) is 118 Å². The normalized spacial score (nSPS) is 19.6. The van der Waals surface area contributed by atoms with E-state index >= 15 is 0 Å². The molecule has 1 heterocycles. The lowest BCUT2D eigenvalue weighted by Crippen LogP contribution is -2.46. The first-order chi connectivity index (χ1) is 9.75. The maximum Gasteiger partial charge on any atom is 0.243 e. The number of aliphatic carboxylic acids is 1. The fraction of sp³-hybridized carbons (Fsp3) is 0.333. The van der Waals surface area contributed by atoms with Crippen molar-refractivity contribution in [2.45, 2.75) is 23.8 Å². The van der Waals surface area contributed by atoms with Gasteiger partial charge in [-0.15, -0.1) is 0 Å². The quantitative estimate of drug-likeness (QED) is 0.670. The van der Waals surface area contributed by atoms with E-state index in [1.165, 1.54) is 0 Å². The van der Waals surface area contributed by atoms with Crippen molar-refractivity contribution in [1.82, 2.24) is 4.31 Å². The second kappa shape index (κ2) is 5.63. The summed E-state index contributed by atoms with van der Waals surface area (Å²) in [4.78, 5) is 21.5. The molecular weight excluding hydrogens is 322 g/mol. The molecule has 0 radical (unpaired) electrons. The van der Waals surface area contributed by atoms with Gasteiger partial charge in [0.05, 0.1) is 22.9 Å². The number of carboxylic acids is 2. The highest BCUT2D eigenvalue weighted by Gasteiger charge is 2.36. The monoisotopic (exact) mass is 331 g/mol. The Morgan fingerprint density at radius 3 is 2.52 bits per heavy atom. The SMILES string of the molecule is O=C([O-])c1cc(S(=O)(=O)N2CCC[C@H]2C(=O)[O-])ccc1Cl. The molecule has 1 saturated heterocycles. The van der Waals surface area contributed by atoms with Gasteiger partial charge in [0.15, 0.2) is 0 Å². The number of carboxylic acid groups (broad SMARTS) is 2. The number of aromatic carboxylic acids is 1. The molecule has 0 spiro atoms. The third-order valence-corrected chi connectivity index (χ3v) is 5.47. The molecule has 1 aromatic carbocycles. The molecule has 0 amide bonds. The van der Waals surface area contributed by atoms with Crippen molar-refractivity contribution in [3.8, 4) is 0 Å². The van der Waals surface area contributed by atoms with Crippen molar-refractivity contribution < 1.29 is 28.2 Å². The van der Waals surface area contributed by atoms with E-state index in [1.807, 2.05) is 0 Å². The maximum atomic E-state index is 12.4. The predicted octanol–water partition coefficient (Wildman–Crippen LogP) is -1.39. The standard InChI is InChI=1S/C12H12ClNO6S/c13-9-4-3-7(6-8(9)11(15)16)21(19,20)14-5-1-2-10(14)12(17)18/h3-4,6,10H,1-2,5H2,(H,15,16)(H,17,18)/p-2/t10-/m0/s1. The van der Waals surface area contributed by atoms with E-state index in [0.29, 0.717) is 6.42 Å². The van der Waals surface area contributed by atoms with Gasteiger partial charge >= 0.3 is 0 Å². The van der Waals surface area contributed by atoms with Crippen LogP contribution in [-0.2, 0) is 14.8 Å². The van der Waals surface area contributed by atoms with Crippen molar-refractivity contribution in [3.05, 3.63) is 28.8 Å². The molecule has 0 N–H and O–H groups in total. The number of hydrogen-bond donors (Lipinski definition) is 0. The van der Waals surface area contributed by atoms with Crippen LogP contribution >= 0.6 is 11.6 Å². The highest BCUT2D eigenvalue weighted by Crippen LogP contribution is 2.28. The molecule has 7 nitrogen and oxygen atoms in total. The Kier molecular flexibility index (Phi) is 4.22. The first-order valence-corrected chi connectivity index (χ1v) is 7.80. The molecule has 0 unspecified atom stereocenters. The summed E-state index contributed by atoms with van der Waals surface area (Å²) in [5.74, 6) is -3.10. The van der Waals surface area contributed by atoms with Crippen LogP contribution in [0.3, 0.4) is 0 Å². The van der Waals surface area contributed by atoms with Gasteiger partial charge in [-0.1, -0.05) is 11.6 Å². The van der Waals surface area contributed by atoms with Crippen molar-refractivity contribution in [2.24, 2.45) is 0 Å². The van der Waals surface area contributed by atoms with E-state index in [0.717, 1.165) is 22.5 Å². The van der Waals surface area contributed by atoms with Crippen molar-refractivity contribution >= 4 is 33.6 Å². The summed E-state index contributed by atoms with van der Waals surface area (Å²) in [5, 5.41) is 21.7. The van der Waals surface area contributed by atoms with Crippen LogP contribution in [0, 0.1) is 0 Å². The molecule has 9 heteroatoms. The highest BCUT2D eigenvalue weighted by atomic mass is 35.5. The molecule has 1 aliphatic rings. The summed E-state index contributed by atoms with van der Waals surface area (Å²) < 4.78 is 25.6. The first-order valence-electron chi connectivity index (χ1n) is 5.98. The number of carbonyl (C=O) groups is 2. The second-order valence-electron chi connectivity index (χ2n) is 4.52. The van der Waals surface area contributed by atoms with E-state index in [9.17, 15) is 28.2 Å². The predicted molar refractivity (Wildman–Crippen MR) is 67.7 cm³/mol. The lowest BCUT2D eigenvalue weighted by atomic mass is 10.2. The third-order valence-electron chi connectivity index (χ3n) is 3.24. The Hall–Kier alpha value is -1.64. The Balaban J connectivity index is 2.47. The number of sulfonamides is 1. The van der Waals surface area contributed by atoms with Gasteiger partial charge in [-0.3, -0.25) is 0 Å². The summed E-state index contributed by atoms with van der Waals surface area (Å²) in [6.07, 6.45) is 0.543. The van der Waals surface area contributed by atoms with Crippen LogP contribution < -0.4 is 10.2 Å². The van der Waals surface area contributed by atoms with Crippen molar-refractivity contribution in [2.75, 3.05) is 6.54 Å². The van der Waals surface area contributed by atoms with Crippen LogP contribution in [0.15, 0.2) is 23.1 Å². The van der Waals surface area contributed by atoms with E-state index in [-0.39, 0.29) is 22.9 Å². The molecule has 2 rings (SSSR count). The molecule has 1 fully saturated rings. The van der Waals surface area contributed by atoms with Gasteiger partial charge in [0, 0.05) is 17.1 Å². The zero-order valence-electron chi connectivity index (χ0n) is 10.6. The van der Waals surface area contributed by atoms with Gasteiger partial charge < -0.3 is 19.8 Å². The molecule has 1 aliphatic heterocycles. The Bertz CT molecular complexity index is 702. The highest BCUT2D eigenvalue weighted by molar-refractivity contribution is 7.89. The van der Waals surface area contributed by atoms with E-state index in [4.69, 9.17) is 11.6 Å². The number of hydrogen-bond acceptors (Lipinski definition) is 6. The number of halogens is 1. The summed E-state index contributed by atoms with van der Waals surface area (Å²) in [6, 6.07) is 1.84. The van der Waals surface area contributed by atoms with Gasteiger partial charge in [-0.05, 0) is 31.0 Å². The van der Waals surface area contributed by atoms with E-state index in [1.54, 1.807) is 0 Å². The number of rotatable bonds is 4. The zero-order chi connectivity index (χ0) is 15.8. The smallest absolute Gasteiger partial charge is 0.243 e. The largest absolute Gasteiger partial charge is 0.548 e.